The molecule has 1 heterocycles. The van der Waals surface area contributed by atoms with Crippen molar-refractivity contribution >= 4 is 11.7 Å². The molecule has 0 bridgehead atoms. The summed E-state index contributed by atoms with van der Waals surface area (Å²) in [5, 5.41) is 9.24. The van der Waals surface area contributed by atoms with E-state index in [-0.39, 0.29) is 0 Å². The molecule has 0 aromatic heterocycles. The van der Waals surface area contributed by atoms with Gasteiger partial charge in [0.2, 0.25) is 0 Å². The highest BCUT2D eigenvalue weighted by Crippen LogP contribution is 2.30. The minimum Gasteiger partial charge on any atom is -0.478 e. The van der Waals surface area contributed by atoms with Gasteiger partial charge in [0.05, 0.1) is 5.56 Å². The third-order valence-corrected chi connectivity index (χ3v) is 3.81. The third kappa shape index (κ3) is 2.50. The molecule has 0 saturated carbocycles. The van der Waals surface area contributed by atoms with E-state index in [0.717, 1.165) is 43.6 Å². The summed E-state index contributed by atoms with van der Waals surface area (Å²) in [6.45, 7) is 6.51. The SMILES string of the molecule is CCC(C)CN1CCCc2c(C(=O)O)cccc21. The fourth-order valence-corrected chi connectivity index (χ4v) is 2.60. The van der Waals surface area contributed by atoms with Crippen LogP contribution in [0.1, 0.15) is 42.6 Å². The highest BCUT2D eigenvalue weighted by Gasteiger charge is 2.22. The molecular formula is C15H21NO2. The maximum absolute atomic E-state index is 11.2. The molecule has 1 unspecified atom stereocenters. The summed E-state index contributed by atoms with van der Waals surface area (Å²) in [4.78, 5) is 13.6. The molecule has 3 nitrogen and oxygen atoms in total. The molecule has 0 spiro atoms. The zero-order chi connectivity index (χ0) is 13.1. The lowest BCUT2D eigenvalue weighted by atomic mass is 9.95. The van der Waals surface area contributed by atoms with Gasteiger partial charge in [0, 0.05) is 18.8 Å². The second-order valence-electron chi connectivity index (χ2n) is 5.17. The number of carboxylic acids is 1. The lowest BCUT2D eigenvalue weighted by Crippen LogP contribution is -2.33. The fourth-order valence-electron chi connectivity index (χ4n) is 2.60. The Bertz CT molecular complexity index is 442. The average molecular weight is 247 g/mol. The maximum Gasteiger partial charge on any atom is 0.336 e. The number of fused-ring (bicyclic) bond motifs is 1. The molecule has 1 aliphatic rings. The Morgan fingerprint density at radius 2 is 2.28 bits per heavy atom. The molecule has 0 amide bonds. The monoisotopic (exact) mass is 247 g/mol. The largest absolute Gasteiger partial charge is 0.478 e. The average Bonchev–Trinajstić information content (AvgIpc) is 2.38. The Labute approximate surface area is 108 Å². The Morgan fingerprint density at radius 3 is 2.94 bits per heavy atom. The molecule has 1 N–H and O–H groups in total. The first-order valence-electron chi connectivity index (χ1n) is 6.73. The van der Waals surface area contributed by atoms with E-state index < -0.39 is 5.97 Å². The molecule has 0 saturated heterocycles. The Kier molecular flexibility index (Phi) is 3.90. The molecule has 0 fully saturated rings. The van der Waals surface area contributed by atoms with E-state index in [4.69, 9.17) is 0 Å². The molecule has 1 aromatic rings. The van der Waals surface area contributed by atoms with Gasteiger partial charge in [-0.3, -0.25) is 0 Å². The van der Waals surface area contributed by atoms with Crippen LogP contribution in [0.4, 0.5) is 5.69 Å². The van der Waals surface area contributed by atoms with Gasteiger partial charge < -0.3 is 10.0 Å². The summed E-state index contributed by atoms with van der Waals surface area (Å²) in [5.74, 6) is -0.165. The minimum absolute atomic E-state index is 0.473. The zero-order valence-corrected chi connectivity index (χ0v) is 11.1. The Morgan fingerprint density at radius 1 is 1.50 bits per heavy atom. The first-order chi connectivity index (χ1) is 8.63. The van der Waals surface area contributed by atoms with Gasteiger partial charge in [-0.25, -0.2) is 4.79 Å². The maximum atomic E-state index is 11.2. The van der Waals surface area contributed by atoms with Crippen molar-refractivity contribution in [3.05, 3.63) is 29.3 Å². The van der Waals surface area contributed by atoms with E-state index in [9.17, 15) is 9.90 Å². The summed E-state index contributed by atoms with van der Waals surface area (Å²) in [7, 11) is 0. The minimum atomic E-state index is -0.808. The standard InChI is InChI=1S/C15H21NO2/c1-3-11(2)10-16-9-5-7-12-13(15(17)18)6-4-8-14(12)16/h4,6,8,11H,3,5,7,9-10H2,1-2H3,(H,17,18). The van der Waals surface area contributed by atoms with E-state index in [1.165, 1.54) is 0 Å². The summed E-state index contributed by atoms with van der Waals surface area (Å²) in [5.41, 5.74) is 2.61. The van der Waals surface area contributed by atoms with Crippen molar-refractivity contribution < 1.29 is 9.90 Å². The summed E-state index contributed by atoms with van der Waals surface area (Å²) in [6, 6.07) is 5.63. The first kappa shape index (κ1) is 12.9. The number of carboxylic acid groups (broad SMARTS) is 1. The highest BCUT2D eigenvalue weighted by molar-refractivity contribution is 5.91. The van der Waals surface area contributed by atoms with Gasteiger partial charge in [-0.2, -0.15) is 0 Å². The van der Waals surface area contributed by atoms with Gasteiger partial charge in [0.15, 0.2) is 0 Å². The van der Waals surface area contributed by atoms with Crippen LogP contribution in [-0.4, -0.2) is 24.2 Å². The van der Waals surface area contributed by atoms with Gasteiger partial charge in [0.1, 0.15) is 0 Å². The molecule has 18 heavy (non-hydrogen) atoms. The number of hydrogen-bond acceptors (Lipinski definition) is 2. The van der Waals surface area contributed by atoms with Crippen LogP contribution in [0.25, 0.3) is 0 Å². The molecule has 3 heteroatoms. The van der Waals surface area contributed by atoms with Crippen LogP contribution < -0.4 is 4.90 Å². The van der Waals surface area contributed by atoms with Crippen molar-refractivity contribution in [3.63, 3.8) is 0 Å². The number of hydrogen-bond donors (Lipinski definition) is 1. The third-order valence-electron chi connectivity index (χ3n) is 3.81. The molecular weight excluding hydrogens is 226 g/mol. The lowest BCUT2D eigenvalue weighted by molar-refractivity contribution is 0.0695. The van der Waals surface area contributed by atoms with E-state index in [2.05, 4.69) is 24.8 Å². The number of anilines is 1. The van der Waals surface area contributed by atoms with Crippen LogP contribution in [0.5, 0.6) is 0 Å². The van der Waals surface area contributed by atoms with Crippen LogP contribution in [-0.2, 0) is 6.42 Å². The second kappa shape index (κ2) is 5.42. The second-order valence-corrected chi connectivity index (χ2v) is 5.17. The summed E-state index contributed by atoms with van der Waals surface area (Å²) in [6.07, 6.45) is 3.09. The number of aromatic carboxylic acids is 1. The van der Waals surface area contributed by atoms with E-state index in [1.807, 2.05) is 6.07 Å². The normalized spacial score (nSPS) is 16.2. The molecule has 98 valence electrons. The Hall–Kier alpha value is -1.51. The first-order valence-corrected chi connectivity index (χ1v) is 6.73. The quantitative estimate of drug-likeness (QED) is 0.888. The topological polar surface area (TPSA) is 40.5 Å². The molecule has 1 aromatic carbocycles. The van der Waals surface area contributed by atoms with Crippen LogP contribution in [0.2, 0.25) is 0 Å². The number of nitrogens with zero attached hydrogens (tertiary/aromatic N) is 1. The van der Waals surface area contributed by atoms with Crippen LogP contribution in [0.15, 0.2) is 18.2 Å². The van der Waals surface area contributed by atoms with Crippen molar-refractivity contribution in [1.29, 1.82) is 0 Å². The van der Waals surface area contributed by atoms with E-state index >= 15 is 0 Å². The molecule has 1 aliphatic heterocycles. The van der Waals surface area contributed by atoms with Crippen molar-refractivity contribution in [3.8, 4) is 0 Å². The van der Waals surface area contributed by atoms with Gasteiger partial charge in [-0.15, -0.1) is 0 Å². The zero-order valence-electron chi connectivity index (χ0n) is 11.1. The Balaban J connectivity index is 2.32. The van der Waals surface area contributed by atoms with Crippen molar-refractivity contribution in [2.45, 2.75) is 33.1 Å². The predicted octanol–water partition coefficient (Wildman–Crippen LogP) is 3.18. The van der Waals surface area contributed by atoms with Crippen molar-refractivity contribution in [2.75, 3.05) is 18.0 Å². The number of benzene rings is 1. The van der Waals surface area contributed by atoms with Crippen molar-refractivity contribution in [1.82, 2.24) is 0 Å². The summed E-state index contributed by atoms with van der Waals surface area (Å²) >= 11 is 0. The number of carbonyl (C=O) groups is 1. The van der Waals surface area contributed by atoms with Gasteiger partial charge in [0.25, 0.3) is 0 Å². The summed E-state index contributed by atoms with van der Waals surface area (Å²) < 4.78 is 0. The van der Waals surface area contributed by atoms with Gasteiger partial charge in [-0.05, 0) is 36.5 Å². The lowest BCUT2D eigenvalue weighted by Gasteiger charge is -2.33. The van der Waals surface area contributed by atoms with Crippen molar-refractivity contribution in [2.24, 2.45) is 5.92 Å². The molecule has 0 radical (unpaired) electrons. The van der Waals surface area contributed by atoms with Gasteiger partial charge >= 0.3 is 5.97 Å². The number of rotatable bonds is 4. The molecule has 0 aliphatic carbocycles. The highest BCUT2D eigenvalue weighted by atomic mass is 16.4. The van der Waals surface area contributed by atoms with Gasteiger partial charge in [-0.1, -0.05) is 26.3 Å². The predicted molar refractivity (Wildman–Crippen MR) is 73.4 cm³/mol. The van der Waals surface area contributed by atoms with Crippen LogP contribution >= 0.6 is 0 Å². The fraction of sp³-hybridized carbons (Fsp3) is 0.533. The van der Waals surface area contributed by atoms with Crippen LogP contribution in [0, 0.1) is 5.92 Å². The molecule has 2 rings (SSSR count). The van der Waals surface area contributed by atoms with E-state index in [1.54, 1.807) is 6.07 Å². The van der Waals surface area contributed by atoms with Crippen LogP contribution in [0.3, 0.4) is 0 Å². The smallest absolute Gasteiger partial charge is 0.336 e. The van der Waals surface area contributed by atoms with E-state index in [0.29, 0.717) is 11.5 Å². The molecule has 1 atom stereocenters.